The Kier molecular flexibility index (Phi) is 2.80. The normalized spacial score (nSPS) is 12.4. The van der Waals surface area contributed by atoms with E-state index in [2.05, 4.69) is 0 Å². The third-order valence-electron chi connectivity index (χ3n) is 3.02. The fraction of sp³-hybridized carbons (Fsp3) is 0.0625. The molecule has 3 nitrogen and oxygen atoms in total. The van der Waals surface area contributed by atoms with E-state index < -0.39 is 0 Å². The number of esters is 1. The first-order chi connectivity index (χ1) is 9.29. The van der Waals surface area contributed by atoms with Gasteiger partial charge in [0.1, 0.15) is 11.5 Å². The number of rotatable bonds is 1. The van der Waals surface area contributed by atoms with E-state index in [1.165, 1.54) is 7.11 Å². The molecule has 0 saturated carbocycles. The predicted molar refractivity (Wildman–Crippen MR) is 72.8 cm³/mol. The summed E-state index contributed by atoms with van der Waals surface area (Å²) in [5.74, 6) is 1.02. The number of hydrogen-bond donors (Lipinski definition) is 0. The summed E-state index contributed by atoms with van der Waals surface area (Å²) in [4.78, 5) is 11.9. The quantitative estimate of drug-likeness (QED) is 0.728. The molecule has 3 rings (SSSR count). The lowest BCUT2D eigenvalue weighted by Crippen LogP contribution is -2.03. The number of carbonyl (C=O) groups is 1. The minimum atomic E-state index is -0.368. The smallest absolute Gasteiger partial charge is 0.338 e. The topological polar surface area (TPSA) is 35.5 Å². The zero-order chi connectivity index (χ0) is 13.2. The second-order valence-electron chi connectivity index (χ2n) is 4.19. The zero-order valence-corrected chi connectivity index (χ0v) is 10.4. The van der Waals surface area contributed by atoms with E-state index in [1.807, 2.05) is 48.5 Å². The third kappa shape index (κ3) is 1.99. The lowest BCUT2D eigenvalue weighted by atomic mass is 10.0. The van der Waals surface area contributed by atoms with Gasteiger partial charge in [-0.25, -0.2) is 4.79 Å². The van der Waals surface area contributed by atoms with Gasteiger partial charge in [0.05, 0.1) is 12.7 Å². The molecule has 3 heteroatoms. The summed E-state index contributed by atoms with van der Waals surface area (Å²) < 4.78 is 10.7. The van der Waals surface area contributed by atoms with Crippen LogP contribution in [0.25, 0.3) is 11.6 Å². The molecule has 94 valence electrons. The second-order valence-corrected chi connectivity index (χ2v) is 4.19. The van der Waals surface area contributed by atoms with Crippen LogP contribution in [0.3, 0.4) is 0 Å². The zero-order valence-electron chi connectivity index (χ0n) is 10.4. The van der Waals surface area contributed by atoms with Gasteiger partial charge in [-0.3, -0.25) is 0 Å². The van der Waals surface area contributed by atoms with Crippen LogP contribution in [-0.4, -0.2) is 13.1 Å². The van der Waals surface area contributed by atoms with Crippen LogP contribution in [0.4, 0.5) is 0 Å². The van der Waals surface area contributed by atoms with Crippen molar-refractivity contribution in [2.75, 3.05) is 7.11 Å². The van der Waals surface area contributed by atoms with Crippen LogP contribution in [0.1, 0.15) is 11.1 Å². The molecule has 0 spiro atoms. The van der Waals surface area contributed by atoms with Crippen molar-refractivity contribution in [1.82, 2.24) is 0 Å². The van der Waals surface area contributed by atoms with Gasteiger partial charge >= 0.3 is 5.97 Å². The highest BCUT2D eigenvalue weighted by Crippen LogP contribution is 2.37. The molecule has 0 unspecified atom stereocenters. The van der Waals surface area contributed by atoms with E-state index in [4.69, 9.17) is 9.47 Å². The molecule has 1 heterocycles. The van der Waals surface area contributed by atoms with E-state index in [1.54, 1.807) is 6.08 Å². The molecule has 0 atom stereocenters. The van der Waals surface area contributed by atoms with Gasteiger partial charge in [0.25, 0.3) is 0 Å². The molecule has 1 aliphatic heterocycles. The molecule has 0 amide bonds. The highest BCUT2D eigenvalue weighted by molar-refractivity contribution is 6.22. The van der Waals surface area contributed by atoms with Crippen molar-refractivity contribution in [2.45, 2.75) is 0 Å². The Bertz CT molecular complexity index is 671. The molecule has 0 radical (unpaired) electrons. The van der Waals surface area contributed by atoms with Gasteiger partial charge in [0.2, 0.25) is 0 Å². The molecule has 19 heavy (non-hydrogen) atoms. The van der Waals surface area contributed by atoms with E-state index in [0.717, 1.165) is 16.9 Å². The van der Waals surface area contributed by atoms with Crippen molar-refractivity contribution in [2.24, 2.45) is 0 Å². The van der Waals surface area contributed by atoms with Gasteiger partial charge in [0.15, 0.2) is 0 Å². The Labute approximate surface area is 111 Å². The highest BCUT2D eigenvalue weighted by atomic mass is 16.5. The van der Waals surface area contributed by atoms with Crippen LogP contribution in [0.2, 0.25) is 0 Å². The van der Waals surface area contributed by atoms with Crippen LogP contribution >= 0.6 is 0 Å². The van der Waals surface area contributed by atoms with E-state index in [9.17, 15) is 4.79 Å². The summed E-state index contributed by atoms with van der Waals surface area (Å²) in [6.45, 7) is 0. The standard InChI is InChI=1S/C16H12O3/c1-18-16(17)13-10-11-6-2-4-8-14(11)19-15-9-5-3-7-12(13)15/h2-10H,1H3. The number of para-hydroxylation sites is 2. The number of hydrogen-bond acceptors (Lipinski definition) is 3. The van der Waals surface area contributed by atoms with Crippen LogP contribution in [0.5, 0.6) is 11.5 Å². The maximum atomic E-state index is 11.9. The first-order valence-corrected chi connectivity index (χ1v) is 5.96. The minimum absolute atomic E-state index is 0.368. The second kappa shape index (κ2) is 4.61. The Morgan fingerprint density at radius 2 is 1.68 bits per heavy atom. The number of methoxy groups -OCH3 is 1. The first-order valence-electron chi connectivity index (χ1n) is 5.96. The van der Waals surface area contributed by atoms with Crippen molar-refractivity contribution in [3.05, 3.63) is 59.7 Å². The van der Waals surface area contributed by atoms with Crippen LogP contribution in [-0.2, 0) is 9.53 Å². The Balaban J connectivity index is 2.25. The largest absolute Gasteiger partial charge is 0.465 e. The van der Waals surface area contributed by atoms with Gasteiger partial charge in [-0.15, -0.1) is 0 Å². The summed E-state index contributed by atoms with van der Waals surface area (Å²) in [5.41, 5.74) is 2.10. The average Bonchev–Trinajstić information content (AvgIpc) is 2.62. The monoisotopic (exact) mass is 252 g/mol. The van der Waals surface area contributed by atoms with Crippen molar-refractivity contribution in [3.8, 4) is 11.5 Å². The molecular weight excluding hydrogens is 240 g/mol. The Hall–Kier alpha value is -2.55. The van der Waals surface area contributed by atoms with Gasteiger partial charge in [-0.2, -0.15) is 0 Å². The van der Waals surface area contributed by atoms with Gasteiger partial charge in [-0.1, -0.05) is 36.4 Å². The molecule has 0 N–H and O–H groups in total. The molecular formula is C16H12O3. The molecule has 0 bridgehead atoms. The van der Waals surface area contributed by atoms with Gasteiger partial charge in [-0.05, 0) is 18.2 Å². The minimum Gasteiger partial charge on any atom is -0.465 e. The van der Waals surface area contributed by atoms with Crippen molar-refractivity contribution in [3.63, 3.8) is 0 Å². The lowest BCUT2D eigenvalue weighted by molar-refractivity contribution is -0.133. The SMILES string of the molecule is COC(=O)C1=Cc2ccccc2Oc2ccccc21. The maximum Gasteiger partial charge on any atom is 0.338 e. The summed E-state index contributed by atoms with van der Waals surface area (Å²) in [7, 11) is 1.38. The molecule has 2 aromatic carbocycles. The summed E-state index contributed by atoms with van der Waals surface area (Å²) >= 11 is 0. The van der Waals surface area contributed by atoms with Crippen molar-refractivity contribution < 1.29 is 14.3 Å². The number of fused-ring (bicyclic) bond motifs is 2. The molecule has 2 aromatic rings. The lowest BCUT2D eigenvalue weighted by Gasteiger charge is -2.09. The Morgan fingerprint density at radius 3 is 2.47 bits per heavy atom. The van der Waals surface area contributed by atoms with Crippen molar-refractivity contribution >= 4 is 17.6 Å². The molecule has 0 saturated heterocycles. The average molecular weight is 252 g/mol. The molecule has 0 aromatic heterocycles. The van der Waals surface area contributed by atoms with Crippen molar-refractivity contribution in [1.29, 1.82) is 0 Å². The summed E-state index contributed by atoms with van der Waals surface area (Å²) in [6.07, 6.45) is 1.80. The van der Waals surface area contributed by atoms with Gasteiger partial charge < -0.3 is 9.47 Å². The number of ether oxygens (including phenoxy) is 2. The van der Waals surface area contributed by atoms with E-state index in [0.29, 0.717) is 11.3 Å². The Morgan fingerprint density at radius 1 is 1.00 bits per heavy atom. The maximum absolute atomic E-state index is 11.9. The first kappa shape index (κ1) is 11.5. The summed E-state index contributed by atoms with van der Waals surface area (Å²) in [6, 6.07) is 15.0. The predicted octanol–water partition coefficient (Wildman–Crippen LogP) is 3.51. The van der Waals surface area contributed by atoms with Gasteiger partial charge in [0, 0.05) is 11.1 Å². The number of carbonyl (C=O) groups excluding carboxylic acids is 1. The van der Waals surface area contributed by atoms with E-state index >= 15 is 0 Å². The fourth-order valence-electron chi connectivity index (χ4n) is 2.10. The molecule has 1 aliphatic rings. The molecule has 0 fully saturated rings. The van der Waals surface area contributed by atoms with Crippen LogP contribution in [0.15, 0.2) is 48.5 Å². The fourth-order valence-corrected chi connectivity index (χ4v) is 2.10. The number of benzene rings is 2. The van der Waals surface area contributed by atoms with Crippen LogP contribution < -0.4 is 4.74 Å². The third-order valence-corrected chi connectivity index (χ3v) is 3.02. The highest BCUT2D eigenvalue weighted by Gasteiger charge is 2.21. The summed E-state index contributed by atoms with van der Waals surface area (Å²) in [5, 5.41) is 0. The van der Waals surface area contributed by atoms with Crippen LogP contribution in [0, 0.1) is 0 Å². The van der Waals surface area contributed by atoms with E-state index in [-0.39, 0.29) is 5.97 Å². The molecule has 0 aliphatic carbocycles.